The van der Waals surface area contributed by atoms with Gasteiger partial charge < -0.3 is 9.84 Å². The Morgan fingerprint density at radius 3 is 2.89 bits per heavy atom. The first-order valence-electron chi connectivity index (χ1n) is 5.93. The van der Waals surface area contributed by atoms with Gasteiger partial charge in [-0.15, -0.1) is 0 Å². The summed E-state index contributed by atoms with van der Waals surface area (Å²) >= 11 is 0. The summed E-state index contributed by atoms with van der Waals surface area (Å²) < 4.78 is 5.33. The minimum atomic E-state index is -0.778. The smallest absolute Gasteiger partial charge is 0.303 e. The van der Waals surface area contributed by atoms with E-state index in [1.54, 1.807) is 0 Å². The molecule has 0 spiro atoms. The third-order valence-electron chi connectivity index (χ3n) is 2.65. The summed E-state index contributed by atoms with van der Waals surface area (Å²) in [6.07, 6.45) is 0.689. The number of carbonyl (C=O) groups is 1. The van der Waals surface area contributed by atoms with E-state index in [-0.39, 0.29) is 6.42 Å². The van der Waals surface area contributed by atoms with Crippen LogP contribution in [0, 0.1) is 0 Å². The molecule has 0 aliphatic carbocycles. The molecule has 0 aliphatic rings. The van der Waals surface area contributed by atoms with E-state index in [0.717, 1.165) is 16.5 Å². The average Bonchev–Trinajstić information content (AvgIpc) is 2.36. The van der Waals surface area contributed by atoms with E-state index in [0.29, 0.717) is 18.9 Å². The van der Waals surface area contributed by atoms with Crippen LogP contribution >= 0.6 is 0 Å². The third-order valence-corrected chi connectivity index (χ3v) is 2.65. The Bertz CT molecular complexity index is 566. The molecule has 0 unspecified atom stereocenters. The number of hydrogen-bond acceptors (Lipinski definition) is 3. The number of hydrogen-bond donors (Lipinski definition) is 1. The van der Waals surface area contributed by atoms with Crippen molar-refractivity contribution in [3.8, 4) is 5.88 Å². The highest BCUT2D eigenvalue weighted by atomic mass is 16.5. The second-order valence-electron chi connectivity index (χ2n) is 4.00. The topological polar surface area (TPSA) is 59.4 Å². The largest absolute Gasteiger partial charge is 0.481 e. The normalized spacial score (nSPS) is 10.5. The summed E-state index contributed by atoms with van der Waals surface area (Å²) in [6.45, 7) is 2.51. The predicted octanol–water partition coefficient (Wildman–Crippen LogP) is 2.65. The number of carboxylic acid groups (broad SMARTS) is 1. The van der Waals surface area contributed by atoms with E-state index in [4.69, 9.17) is 9.84 Å². The number of benzene rings is 1. The Kier molecular flexibility index (Phi) is 3.77. The first-order valence-corrected chi connectivity index (χ1v) is 5.93. The SMILES string of the molecule is CCOc1ccc2cc(CCC(=O)O)ccc2n1. The standard InChI is InChI=1S/C14H15NO3/c1-2-18-13-7-5-11-9-10(4-8-14(16)17)3-6-12(11)15-13/h3,5-7,9H,2,4,8H2,1H3,(H,16,17). The number of nitrogens with zero attached hydrogens (tertiary/aromatic N) is 1. The predicted molar refractivity (Wildman–Crippen MR) is 68.9 cm³/mol. The summed E-state index contributed by atoms with van der Waals surface area (Å²) in [5.74, 6) is -0.164. The minimum absolute atomic E-state index is 0.149. The fourth-order valence-corrected chi connectivity index (χ4v) is 1.79. The van der Waals surface area contributed by atoms with Gasteiger partial charge in [-0.25, -0.2) is 4.98 Å². The third kappa shape index (κ3) is 2.97. The zero-order chi connectivity index (χ0) is 13.0. The van der Waals surface area contributed by atoms with E-state index < -0.39 is 5.97 Å². The Morgan fingerprint density at radius 1 is 1.33 bits per heavy atom. The zero-order valence-corrected chi connectivity index (χ0v) is 10.2. The van der Waals surface area contributed by atoms with Crippen molar-refractivity contribution in [2.75, 3.05) is 6.61 Å². The highest BCUT2D eigenvalue weighted by Crippen LogP contribution is 2.19. The molecule has 0 fully saturated rings. The molecular formula is C14H15NO3. The van der Waals surface area contributed by atoms with Crippen molar-refractivity contribution >= 4 is 16.9 Å². The number of ether oxygens (including phenoxy) is 1. The Morgan fingerprint density at radius 2 is 2.17 bits per heavy atom. The van der Waals surface area contributed by atoms with Gasteiger partial charge in [-0.05, 0) is 37.1 Å². The van der Waals surface area contributed by atoms with Crippen LogP contribution in [0.25, 0.3) is 10.9 Å². The molecule has 1 aromatic heterocycles. The first-order chi connectivity index (χ1) is 8.69. The molecular weight excluding hydrogens is 230 g/mol. The molecule has 2 aromatic rings. The first kappa shape index (κ1) is 12.4. The van der Waals surface area contributed by atoms with Gasteiger partial charge in [-0.3, -0.25) is 4.79 Å². The maximum Gasteiger partial charge on any atom is 0.303 e. The molecule has 0 bridgehead atoms. The molecule has 4 heteroatoms. The quantitative estimate of drug-likeness (QED) is 0.879. The van der Waals surface area contributed by atoms with Crippen molar-refractivity contribution in [3.63, 3.8) is 0 Å². The lowest BCUT2D eigenvalue weighted by Crippen LogP contribution is -1.98. The van der Waals surface area contributed by atoms with Crippen LogP contribution in [0.2, 0.25) is 0 Å². The van der Waals surface area contributed by atoms with Crippen LogP contribution in [0.5, 0.6) is 5.88 Å². The molecule has 2 rings (SSSR count). The molecule has 1 N–H and O–H groups in total. The molecule has 0 radical (unpaired) electrons. The van der Waals surface area contributed by atoms with Crippen LogP contribution in [0.15, 0.2) is 30.3 Å². The van der Waals surface area contributed by atoms with E-state index >= 15 is 0 Å². The highest BCUT2D eigenvalue weighted by Gasteiger charge is 2.02. The van der Waals surface area contributed by atoms with Crippen molar-refractivity contribution < 1.29 is 14.6 Å². The lowest BCUT2D eigenvalue weighted by molar-refractivity contribution is -0.136. The van der Waals surface area contributed by atoms with Crippen LogP contribution < -0.4 is 4.74 Å². The average molecular weight is 245 g/mol. The van der Waals surface area contributed by atoms with E-state index in [1.807, 2.05) is 37.3 Å². The molecule has 18 heavy (non-hydrogen) atoms. The summed E-state index contributed by atoms with van der Waals surface area (Å²) in [5.41, 5.74) is 1.87. The van der Waals surface area contributed by atoms with Gasteiger partial charge in [0.05, 0.1) is 12.1 Å². The van der Waals surface area contributed by atoms with Crippen molar-refractivity contribution in [2.24, 2.45) is 0 Å². The maximum atomic E-state index is 10.5. The second kappa shape index (κ2) is 5.49. The van der Waals surface area contributed by atoms with E-state index in [1.165, 1.54) is 0 Å². The van der Waals surface area contributed by atoms with Gasteiger partial charge in [0.2, 0.25) is 5.88 Å². The molecule has 0 amide bonds. The van der Waals surface area contributed by atoms with Gasteiger partial charge in [0, 0.05) is 17.9 Å². The Balaban J connectivity index is 2.23. The summed E-state index contributed by atoms with van der Waals surface area (Å²) in [7, 11) is 0. The van der Waals surface area contributed by atoms with Gasteiger partial charge in [-0.1, -0.05) is 6.07 Å². The van der Waals surface area contributed by atoms with Gasteiger partial charge >= 0.3 is 5.97 Å². The van der Waals surface area contributed by atoms with Gasteiger partial charge in [-0.2, -0.15) is 0 Å². The molecule has 0 aliphatic heterocycles. The number of aryl methyl sites for hydroxylation is 1. The number of aromatic nitrogens is 1. The van der Waals surface area contributed by atoms with Crippen LogP contribution in [-0.4, -0.2) is 22.7 Å². The monoisotopic (exact) mass is 245 g/mol. The molecule has 0 saturated carbocycles. The molecule has 4 nitrogen and oxygen atoms in total. The zero-order valence-electron chi connectivity index (χ0n) is 10.2. The molecule has 1 aromatic carbocycles. The second-order valence-corrected chi connectivity index (χ2v) is 4.00. The van der Waals surface area contributed by atoms with Crippen molar-refractivity contribution in [1.29, 1.82) is 0 Å². The van der Waals surface area contributed by atoms with Crippen LogP contribution in [0.4, 0.5) is 0 Å². The van der Waals surface area contributed by atoms with Crippen molar-refractivity contribution in [2.45, 2.75) is 19.8 Å². The lowest BCUT2D eigenvalue weighted by Gasteiger charge is -2.05. The molecule has 1 heterocycles. The Labute approximate surface area is 105 Å². The number of rotatable bonds is 5. The van der Waals surface area contributed by atoms with E-state index in [9.17, 15) is 4.79 Å². The van der Waals surface area contributed by atoms with Crippen LogP contribution in [-0.2, 0) is 11.2 Å². The maximum absolute atomic E-state index is 10.5. The number of aliphatic carboxylic acids is 1. The Hall–Kier alpha value is -2.10. The van der Waals surface area contributed by atoms with Crippen LogP contribution in [0.1, 0.15) is 18.9 Å². The van der Waals surface area contributed by atoms with Gasteiger partial charge in [0.1, 0.15) is 0 Å². The van der Waals surface area contributed by atoms with Crippen molar-refractivity contribution in [3.05, 3.63) is 35.9 Å². The summed E-state index contributed by atoms with van der Waals surface area (Å²) in [4.78, 5) is 14.9. The number of pyridine rings is 1. The van der Waals surface area contributed by atoms with Crippen LogP contribution in [0.3, 0.4) is 0 Å². The highest BCUT2D eigenvalue weighted by molar-refractivity contribution is 5.80. The van der Waals surface area contributed by atoms with Gasteiger partial charge in [0.25, 0.3) is 0 Å². The fourth-order valence-electron chi connectivity index (χ4n) is 1.79. The van der Waals surface area contributed by atoms with Gasteiger partial charge in [0.15, 0.2) is 0 Å². The van der Waals surface area contributed by atoms with Crippen molar-refractivity contribution in [1.82, 2.24) is 4.98 Å². The molecule has 0 atom stereocenters. The lowest BCUT2D eigenvalue weighted by atomic mass is 10.1. The summed E-state index contributed by atoms with van der Waals surface area (Å²) in [6, 6.07) is 9.55. The summed E-state index contributed by atoms with van der Waals surface area (Å²) in [5, 5.41) is 9.66. The fraction of sp³-hybridized carbons (Fsp3) is 0.286. The number of carboxylic acids is 1. The molecule has 0 saturated heterocycles. The van der Waals surface area contributed by atoms with E-state index in [2.05, 4.69) is 4.98 Å². The minimum Gasteiger partial charge on any atom is -0.481 e. The molecule has 94 valence electrons. The number of fused-ring (bicyclic) bond motifs is 1.